The minimum atomic E-state index is -0.856. The van der Waals surface area contributed by atoms with E-state index in [1.807, 2.05) is 60.7 Å². The lowest BCUT2D eigenvalue weighted by molar-refractivity contribution is -0.346. The van der Waals surface area contributed by atoms with Crippen LogP contribution in [0.3, 0.4) is 0 Å². The topological polar surface area (TPSA) is 92.3 Å². The van der Waals surface area contributed by atoms with Crippen molar-refractivity contribution < 1.29 is 33.3 Å². The summed E-state index contributed by atoms with van der Waals surface area (Å²) in [4.78, 5) is 24.4. The number of hydrogen-bond acceptors (Lipinski definition) is 7. The Balaban J connectivity index is 1.58. The summed E-state index contributed by atoms with van der Waals surface area (Å²) >= 11 is 0. The van der Waals surface area contributed by atoms with Crippen molar-refractivity contribution in [2.75, 3.05) is 6.61 Å². The third-order valence-electron chi connectivity index (χ3n) is 5.59. The molecule has 8 heteroatoms. The van der Waals surface area contributed by atoms with Crippen molar-refractivity contribution in [2.24, 2.45) is 0 Å². The summed E-state index contributed by atoms with van der Waals surface area (Å²) in [5.74, 6) is -0.691. The monoisotopic (exact) mass is 455 g/mol. The van der Waals surface area contributed by atoms with Gasteiger partial charge in [-0.05, 0) is 5.56 Å². The zero-order valence-corrected chi connectivity index (χ0v) is 18.7. The molecule has 0 bridgehead atoms. The highest BCUT2D eigenvalue weighted by molar-refractivity contribution is 5.73. The molecule has 1 N–H and O–H groups in total. The number of benzene rings is 2. The Morgan fingerprint density at radius 3 is 2.39 bits per heavy atom. The minimum absolute atomic E-state index is 0.190. The third-order valence-corrected chi connectivity index (χ3v) is 5.59. The Morgan fingerprint density at radius 1 is 1.03 bits per heavy atom. The molecule has 176 valence electrons. The minimum Gasteiger partial charge on any atom is -0.457 e. The van der Waals surface area contributed by atoms with Gasteiger partial charge in [-0.25, -0.2) is 0 Å². The van der Waals surface area contributed by atoms with Crippen LogP contribution in [0.2, 0.25) is 0 Å². The molecule has 2 aromatic rings. The van der Waals surface area contributed by atoms with Crippen LogP contribution in [0, 0.1) is 0 Å². The van der Waals surface area contributed by atoms with Gasteiger partial charge >= 0.3 is 5.97 Å². The molecule has 0 aliphatic carbocycles. The van der Waals surface area contributed by atoms with Crippen molar-refractivity contribution in [1.82, 2.24) is 5.32 Å². The van der Waals surface area contributed by atoms with E-state index < -0.39 is 42.9 Å². The number of rotatable bonds is 7. The van der Waals surface area contributed by atoms with Crippen LogP contribution in [0.15, 0.2) is 60.7 Å². The van der Waals surface area contributed by atoms with Crippen LogP contribution in [0.25, 0.3) is 0 Å². The van der Waals surface area contributed by atoms with Crippen molar-refractivity contribution in [3.8, 4) is 0 Å². The lowest BCUT2D eigenvalue weighted by Crippen LogP contribution is -2.67. The summed E-state index contributed by atoms with van der Waals surface area (Å²) in [7, 11) is 0. The number of hydrogen-bond donors (Lipinski definition) is 1. The molecule has 2 aromatic carbocycles. The van der Waals surface area contributed by atoms with Crippen molar-refractivity contribution in [1.29, 1.82) is 0 Å². The van der Waals surface area contributed by atoms with E-state index in [0.29, 0.717) is 0 Å². The van der Waals surface area contributed by atoms with Gasteiger partial charge in [0.1, 0.15) is 18.2 Å². The fourth-order valence-electron chi connectivity index (χ4n) is 4.01. The predicted octanol–water partition coefficient (Wildman–Crippen LogP) is 2.87. The van der Waals surface area contributed by atoms with Crippen LogP contribution in [-0.4, -0.2) is 49.1 Å². The summed E-state index contributed by atoms with van der Waals surface area (Å²) in [6.45, 7) is 3.61. The van der Waals surface area contributed by atoms with Gasteiger partial charge in [-0.2, -0.15) is 0 Å². The van der Waals surface area contributed by atoms with E-state index in [1.165, 1.54) is 6.92 Å². The van der Waals surface area contributed by atoms with Gasteiger partial charge in [-0.1, -0.05) is 67.6 Å². The van der Waals surface area contributed by atoms with Gasteiger partial charge in [-0.15, -0.1) is 0 Å². The molecule has 4 rings (SSSR count). The molecule has 2 aliphatic rings. The molecule has 0 unspecified atom stereocenters. The lowest BCUT2D eigenvalue weighted by Gasteiger charge is -2.48. The van der Waals surface area contributed by atoms with E-state index in [-0.39, 0.29) is 25.5 Å². The Morgan fingerprint density at radius 2 is 1.73 bits per heavy atom. The van der Waals surface area contributed by atoms with Gasteiger partial charge in [0.15, 0.2) is 18.7 Å². The average molecular weight is 456 g/mol. The van der Waals surface area contributed by atoms with E-state index in [2.05, 4.69) is 5.32 Å². The zero-order valence-electron chi connectivity index (χ0n) is 18.7. The maximum Gasteiger partial charge on any atom is 0.305 e. The number of nitrogens with one attached hydrogen (secondary N) is 1. The number of esters is 1. The van der Waals surface area contributed by atoms with Gasteiger partial charge in [0.05, 0.1) is 13.2 Å². The molecule has 2 aliphatic heterocycles. The van der Waals surface area contributed by atoms with Gasteiger partial charge < -0.3 is 29.0 Å². The normalized spacial score (nSPS) is 29.0. The molecule has 8 nitrogen and oxygen atoms in total. The Labute approximate surface area is 193 Å². The quantitative estimate of drug-likeness (QED) is 0.642. The van der Waals surface area contributed by atoms with Gasteiger partial charge in [-0.3, -0.25) is 9.59 Å². The molecule has 2 fully saturated rings. The van der Waals surface area contributed by atoms with E-state index in [9.17, 15) is 9.59 Å². The highest BCUT2D eigenvalue weighted by Crippen LogP contribution is 2.36. The number of carbonyl (C=O) groups is 2. The Kier molecular flexibility index (Phi) is 7.72. The van der Waals surface area contributed by atoms with Crippen LogP contribution >= 0.6 is 0 Å². The average Bonchev–Trinajstić information content (AvgIpc) is 2.84. The second-order valence-electron chi connectivity index (χ2n) is 8.05. The molecule has 1 amide bonds. The molecular formula is C25H29NO7. The second-order valence-corrected chi connectivity index (χ2v) is 8.05. The summed E-state index contributed by atoms with van der Waals surface area (Å²) in [5.41, 5.74) is 1.79. The molecule has 33 heavy (non-hydrogen) atoms. The number of ether oxygens (including phenoxy) is 5. The van der Waals surface area contributed by atoms with Gasteiger partial charge in [0, 0.05) is 18.9 Å². The standard InChI is InChI=1S/C25H29NO7/c1-3-20(28)32-23-21(26-16(2)27)25(29-14-17-10-6-4-7-11-17)31-19-15-30-24(33-22(19)23)18-12-8-5-9-13-18/h4-13,19,21-25H,3,14-15H2,1-2H3,(H,26,27)/t19-,21+,22-,23+,24-,25-/m1/s1. The van der Waals surface area contributed by atoms with Gasteiger partial charge in [0.2, 0.25) is 5.91 Å². The van der Waals surface area contributed by atoms with Crippen LogP contribution in [0.5, 0.6) is 0 Å². The maximum absolute atomic E-state index is 12.3. The first-order chi connectivity index (χ1) is 16.0. The van der Waals surface area contributed by atoms with Crippen LogP contribution in [0.4, 0.5) is 0 Å². The lowest BCUT2D eigenvalue weighted by atomic mass is 9.95. The number of carbonyl (C=O) groups excluding carboxylic acids is 2. The highest BCUT2D eigenvalue weighted by Gasteiger charge is 2.52. The molecule has 0 saturated carbocycles. The number of fused-ring (bicyclic) bond motifs is 1. The summed E-state index contributed by atoms with van der Waals surface area (Å²) in [6, 6.07) is 18.4. The van der Waals surface area contributed by atoms with E-state index >= 15 is 0 Å². The fraction of sp³-hybridized carbons (Fsp3) is 0.440. The SMILES string of the molecule is CCC(=O)O[C@H]1[C@H](NC(C)=O)[C@H](OCc2ccccc2)O[C@@H]2CO[C@@H](c3ccccc3)O[C@@H]12. The molecule has 2 saturated heterocycles. The summed E-state index contributed by atoms with van der Waals surface area (Å²) < 4.78 is 30.2. The van der Waals surface area contributed by atoms with Gasteiger partial charge in [0.25, 0.3) is 0 Å². The highest BCUT2D eigenvalue weighted by atomic mass is 16.8. The molecular weight excluding hydrogens is 426 g/mol. The largest absolute Gasteiger partial charge is 0.457 e. The summed E-state index contributed by atoms with van der Waals surface area (Å²) in [5, 5.41) is 2.85. The van der Waals surface area contributed by atoms with Crippen LogP contribution < -0.4 is 5.32 Å². The van der Waals surface area contributed by atoms with Crippen LogP contribution in [-0.2, 0) is 39.9 Å². The molecule has 0 aromatic heterocycles. The second kappa shape index (κ2) is 10.9. The van der Waals surface area contributed by atoms with E-state index in [4.69, 9.17) is 23.7 Å². The molecule has 6 atom stereocenters. The first kappa shape index (κ1) is 23.4. The zero-order chi connectivity index (χ0) is 23.2. The first-order valence-corrected chi connectivity index (χ1v) is 11.1. The van der Waals surface area contributed by atoms with Crippen molar-refractivity contribution >= 4 is 11.9 Å². The Bertz CT molecular complexity index is 923. The fourth-order valence-corrected chi connectivity index (χ4v) is 4.01. The summed E-state index contributed by atoms with van der Waals surface area (Å²) in [6.07, 6.45) is -3.30. The van der Waals surface area contributed by atoms with E-state index in [0.717, 1.165) is 11.1 Å². The van der Waals surface area contributed by atoms with Crippen molar-refractivity contribution in [2.45, 2.75) is 63.8 Å². The molecule has 0 spiro atoms. The number of amides is 1. The van der Waals surface area contributed by atoms with Crippen LogP contribution in [0.1, 0.15) is 37.7 Å². The molecule has 2 heterocycles. The third kappa shape index (κ3) is 5.78. The first-order valence-electron chi connectivity index (χ1n) is 11.1. The predicted molar refractivity (Wildman–Crippen MR) is 118 cm³/mol. The smallest absolute Gasteiger partial charge is 0.305 e. The Hall–Kier alpha value is -2.78. The van der Waals surface area contributed by atoms with E-state index in [1.54, 1.807) is 6.92 Å². The van der Waals surface area contributed by atoms with Crippen molar-refractivity contribution in [3.63, 3.8) is 0 Å². The van der Waals surface area contributed by atoms with Crippen molar-refractivity contribution in [3.05, 3.63) is 71.8 Å². The molecule has 0 radical (unpaired) electrons. The maximum atomic E-state index is 12.3.